The van der Waals surface area contributed by atoms with Gasteiger partial charge in [-0.15, -0.1) is 0 Å². The van der Waals surface area contributed by atoms with Crippen molar-refractivity contribution < 1.29 is 13.2 Å². The van der Waals surface area contributed by atoms with Crippen LogP contribution < -0.4 is 9.62 Å². The first-order chi connectivity index (χ1) is 14.3. The van der Waals surface area contributed by atoms with E-state index in [9.17, 15) is 13.2 Å². The Morgan fingerprint density at radius 3 is 2.53 bits per heavy atom. The monoisotopic (exact) mass is 460 g/mol. The van der Waals surface area contributed by atoms with E-state index in [1.54, 1.807) is 65.6 Å². The van der Waals surface area contributed by atoms with E-state index >= 15 is 0 Å². The van der Waals surface area contributed by atoms with Gasteiger partial charge in [0.25, 0.3) is 15.9 Å². The quantitative estimate of drug-likeness (QED) is 0.567. The fourth-order valence-corrected chi connectivity index (χ4v) is 5.04. The zero-order chi connectivity index (χ0) is 21.3. The first-order valence-corrected chi connectivity index (χ1v) is 11.6. The van der Waals surface area contributed by atoms with Gasteiger partial charge in [0.2, 0.25) is 0 Å². The number of hydrogen-bond acceptors (Lipinski definition) is 3. The maximum atomic E-state index is 13.0. The largest absolute Gasteiger partial charge is 0.308 e. The third-order valence-corrected chi connectivity index (χ3v) is 6.84. The molecular weight excluding hydrogens is 443 g/mol. The van der Waals surface area contributed by atoms with Crippen molar-refractivity contribution in [3.05, 3.63) is 87.9 Å². The maximum absolute atomic E-state index is 13.0. The van der Waals surface area contributed by atoms with Crippen molar-refractivity contribution in [1.29, 1.82) is 0 Å². The van der Waals surface area contributed by atoms with E-state index in [0.717, 1.165) is 12.0 Å². The van der Waals surface area contributed by atoms with Crippen LogP contribution in [0.5, 0.6) is 0 Å². The van der Waals surface area contributed by atoms with Crippen molar-refractivity contribution >= 4 is 50.5 Å². The second-order valence-corrected chi connectivity index (χ2v) is 9.47. The zero-order valence-corrected chi connectivity index (χ0v) is 18.1. The topological polar surface area (TPSA) is 66.5 Å². The van der Waals surface area contributed by atoms with Gasteiger partial charge in [-0.1, -0.05) is 41.4 Å². The zero-order valence-electron chi connectivity index (χ0n) is 15.8. The van der Waals surface area contributed by atoms with E-state index in [0.29, 0.717) is 39.9 Å². The van der Waals surface area contributed by atoms with E-state index in [1.165, 1.54) is 6.07 Å². The number of rotatable bonds is 4. The summed E-state index contributed by atoms with van der Waals surface area (Å²) in [6.45, 7) is 0.558. The number of nitrogens with zero attached hydrogens (tertiary/aromatic N) is 1. The normalized spacial score (nSPS) is 13.6. The SMILES string of the molecule is O=C(c1cccc(Cl)c1)N1CCCc2cc(S(=O)(=O)Nc3ccccc3Cl)ccc21. The Labute approximate surface area is 185 Å². The first-order valence-electron chi connectivity index (χ1n) is 9.33. The molecule has 1 amide bonds. The summed E-state index contributed by atoms with van der Waals surface area (Å²) in [5.41, 5.74) is 2.32. The molecule has 0 atom stereocenters. The highest BCUT2D eigenvalue weighted by Gasteiger charge is 2.26. The minimum absolute atomic E-state index is 0.123. The Bertz CT molecular complexity index is 1230. The summed E-state index contributed by atoms with van der Waals surface area (Å²) in [6.07, 6.45) is 1.42. The number of para-hydroxylation sites is 1. The van der Waals surface area contributed by atoms with Gasteiger partial charge in [0.1, 0.15) is 0 Å². The molecule has 0 radical (unpaired) electrons. The molecule has 1 aliphatic rings. The van der Waals surface area contributed by atoms with Gasteiger partial charge in [-0.25, -0.2) is 8.42 Å². The standard InChI is InChI=1S/C22H18Cl2N2O3S/c23-17-7-3-5-16(13-17)22(27)26-12-4-6-15-14-18(10-11-21(15)26)30(28,29)25-20-9-2-1-8-19(20)24/h1-3,5,7-11,13-14,25H,4,6,12H2. The molecule has 0 fully saturated rings. The number of anilines is 2. The second kappa shape index (κ2) is 8.30. The van der Waals surface area contributed by atoms with Gasteiger partial charge in [0.15, 0.2) is 0 Å². The van der Waals surface area contributed by atoms with E-state index in [-0.39, 0.29) is 10.8 Å². The number of sulfonamides is 1. The fourth-order valence-electron chi connectivity index (χ4n) is 3.48. The molecule has 0 aliphatic carbocycles. The van der Waals surface area contributed by atoms with Gasteiger partial charge in [-0.2, -0.15) is 0 Å². The third-order valence-electron chi connectivity index (χ3n) is 4.91. The van der Waals surface area contributed by atoms with Crippen molar-refractivity contribution in [3.63, 3.8) is 0 Å². The van der Waals surface area contributed by atoms with Crippen LogP contribution in [0.2, 0.25) is 10.0 Å². The van der Waals surface area contributed by atoms with Crippen LogP contribution in [0.3, 0.4) is 0 Å². The molecule has 0 unspecified atom stereocenters. The lowest BCUT2D eigenvalue weighted by atomic mass is 10.0. The minimum Gasteiger partial charge on any atom is -0.308 e. The lowest BCUT2D eigenvalue weighted by Gasteiger charge is -2.30. The molecule has 3 aromatic rings. The van der Waals surface area contributed by atoms with Gasteiger partial charge in [-0.3, -0.25) is 9.52 Å². The van der Waals surface area contributed by atoms with E-state index in [4.69, 9.17) is 23.2 Å². The van der Waals surface area contributed by atoms with Crippen LogP contribution in [-0.4, -0.2) is 20.9 Å². The van der Waals surface area contributed by atoms with Crippen molar-refractivity contribution in [2.24, 2.45) is 0 Å². The number of halogens is 2. The van der Waals surface area contributed by atoms with Crippen molar-refractivity contribution in [2.75, 3.05) is 16.2 Å². The Balaban J connectivity index is 1.65. The minimum atomic E-state index is -3.82. The molecule has 0 spiro atoms. The average Bonchev–Trinajstić information content (AvgIpc) is 2.74. The highest BCUT2D eigenvalue weighted by atomic mass is 35.5. The van der Waals surface area contributed by atoms with Crippen LogP contribution in [0.15, 0.2) is 71.6 Å². The lowest BCUT2D eigenvalue weighted by molar-refractivity contribution is 0.0985. The molecule has 0 saturated carbocycles. The van der Waals surface area contributed by atoms with Gasteiger partial charge < -0.3 is 4.90 Å². The molecule has 3 aromatic carbocycles. The highest BCUT2D eigenvalue weighted by Crippen LogP contribution is 2.32. The van der Waals surface area contributed by atoms with Crippen LogP contribution in [0.1, 0.15) is 22.3 Å². The first kappa shape index (κ1) is 20.7. The summed E-state index contributed by atoms with van der Waals surface area (Å²) >= 11 is 12.1. The lowest BCUT2D eigenvalue weighted by Crippen LogP contribution is -2.35. The third kappa shape index (κ3) is 4.17. The number of nitrogens with one attached hydrogen (secondary N) is 1. The van der Waals surface area contributed by atoms with Crippen molar-refractivity contribution in [2.45, 2.75) is 17.7 Å². The molecule has 1 aliphatic heterocycles. The number of hydrogen-bond donors (Lipinski definition) is 1. The average molecular weight is 461 g/mol. The van der Waals surface area contributed by atoms with Crippen molar-refractivity contribution in [1.82, 2.24) is 0 Å². The van der Waals surface area contributed by atoms with Gasteiger partial charge in [0.05, 0.1) is 15.6 Å². The molecule has 4 rings (SSSR count). The summed E-state index contributed by atoms with van der Waals surface area (Å²) < 4.78 is 28.2. The number of aryl methyl sites for hydroxylation is 1. The van der Waals surface area contributed by atoms with Crippen LogP contribution >= 0.6 is 23.2 Å². The maximum Gasteiger partial charge on any atom is 0.261 e. The van der Waals surface area contributed by atoms with E-state index in [2.05, 4.69) is 4.72 Å². The Morgan fingerprint density at radius 2 is 1.77 bits per heavy atom. The Hall–Kier alpha value is -2.54. The van der Waals surface area contributed by atoms with Crippen LogP contribution in [0.25, 0.3) is 0 Å². The highest BCUT2D eigenvalue weighted by molar-refractivity contribution is 7.92. The Kier molecular flexibility index (Phi) is 5.73. The summed E-state index contributed by atoms with van der Waals surface area (Å²) in [4.78, 5) is 14.8. The van der Waals surface area contributed by atoms with Crippen LogP contribution in [-0.2, 0) is 16.4 Å². The second-order valence-electron chi connectivity index (χ2n) is 6.95. The summed E-state index contributed by atoms with van der Waals surface area (Å²) in [6, 6.07) is 18.2. The number of carbonyl (C=O) groups is 1. The van der Waals surface area contributed by atoms with E-state index < -0.39 is 10.0 Å². The molecule has 0 saturated heterocycles. The number of carbonyl (C=O) groups excluding carboxylic acids is 1. The van der Waals surface area contributed by atoms with E-state index in [1.807, 2.05) is 0 Å². The van der Waals surface area contributed by atoms with Gasteiger partial charge in [0, 0.05) is 22.8 Å². The number of fused-ring (bicyclic) bond motifs is 1. The summed E-state index contributed by atoms with van der Waals surface area (Å²) in [5, 5.41) is 0.808. The molecular formula is C22H18Cl2N2O3S. The van der Waals surface area contributed by atoms with Crippen LogP contribution in [0.4, 0.5) is 11.4 Å². The predicted octanol–water partition coefficient (Wildman–Crippen LogP) is 5.39. The molecule has 30 heavy (non-hydrogen) atoms. The summed E-state index contributed by atoms with van der Waals surface area (Å²) in [7, 11) is -3.82. The van der Waals surface area contributed by atoms with Gasteiger partial charge >= 0.3 is 0 Å². The van der Waals surface area contributed by atoms with Crippen LogP contribution in [0, 0.1) is 0 Å². The number of amides is 1. The molecule has 1 N–H and O–H groups in total. The molecule has 1 heterocycles. The smallest absolute Gasteiger partial charge is 0.261 e. The fraction of sp³-hybridized carbons (Fsp3) is 0.136. The molecule has 154 valence electrons. The molecule has 8 heteroatoms. The van der Waals surface area contributed by atoms with Crippen molar-refractivity contribution in [3.8, 4) is 0 Å². The Morgan fingerprint density at radius 1 is 0.967 bits per heavy atom. The molecule has 5 nitrogen and oxygen atoms in total. The number of benzene rings is 3. The van der Waals surface area contributed by atoms with Gasteiger partial charge in [-0.05, 0) is 66.9 Å². The molecule has 0 bridgehead atoms. The predicted molar refractivity (Wildman–Crippen MR) is 120 cm³/mol. The summed E-state index contributed by atoms with van der Waals surface area (Å²) in [5.74, 6) is -0.164. The molecule has 0 aromatic heterocycles.